The summed E-state index contributed by atoms with van der Waals surface area (Å²) in [6.07, 6.45) is -0.811. The molecule has 0 fully saturated rings. The summed E-state index contributed by atoms with van der Waals surface area (Å²) >= 11 is 0. The van der Waals surface area contributed by atoms with Crippen LogP contribution in [0.5, 0.6) is 0 Å². The van der Waals surface area contributed by atoms with Gasteiger partial charge in [-0.2, -0.15) is 9.37 Å². The van der Waals surface area contributed by atoms with E-state index in [4.69, 9.17) is 4.74 Å². The van der Waals surface area contributed by atoms with Gasteiger partial charge in [-0.1, -0.05) is 30.3 Å². The molecule has 0 saturated carbocycles. The van der Waals surface area contributed by atoms with Crippen LogP contribution >= 0.6 is 0 Å². The van der Waals surface area contributed by atoms with E-state index in [9.17, 15) is 9.18 Å². The monoisotopic (exact) mass is 404 g/mol. The van der Waals surface area contributed by atoms with Crippen molar-refractivity contribution in [3.8, 4) is 11.3 Å². The van der Waals surface area contributed by atoms with Crippen LogP contribution < -0.4 is 5.32 Å². The van der Waals surface area contributed by atoms with Gasteiger partial charge in [0, 0.05) is 35.9 Å². The number of aromatic nitrogens is 3. The largest absolute Gasteiger partial charge is 0.465 e. The first-order chi connectivity index (χ1) is 14.5. The highest BCUT2D eigenvalue weighted by molar-refractivity contribution is 5.89. The molecular formula is C23H21FN4O2. The van der Waals surface area contributed by atoms with Crippen molar-refractivity contribution in [1.82, 2.24) is 14.5 Å². The van der Waals surface area contributed by atoms with Crippen molar-refractivity contribution in [2.75, 3.05) is 19.0 Å². The van der Waals surface area contributed by atoms with Gasteiger partial charge in [0.25, 0.3) is 0 Å². The maximum Gasteiger partial charge on any atom is 0.337 e. The van der Waals surface area contributed by atoms with Crippen LogP contribution in [-0.4, -0.2) is 34.2 Å². The molecule has 0 bridgehead atoms. The van der Waals surface area contributed by atoms with Crippen LogP contribution in [-0.2, 0) is 11.3 Å². The number of benzene rings is 2. The first-order valence-electron chi connectivity index (χ1n) is 9.57. The molecule has 7 heteroatoms. The van der Waals surface area contributed by atoms with Crippen LogP contribution in [0.3, 0.4) is 0 Å². The second-order valence-electron chi connectivity index (χ2n) is 6.90. The van der Waals surface area contributed by atoms with Gasteiger partial charge in [0.1, 0.15) is 5.82 Å². The Labute approximate surface area is 173 Å². The lowest BCUT2D eigenvalue weighted by Crippen LogP contribution is -2.13. The highest BCUT2D eigenvalue weighted by atomic mass is 19.1. The minimum Gasteiger partial charge on any atom is -0.465 e. The Kier molecular flexibility index (Phi) is 5.43. The van der Waals surface area contributed by atoms with E-state index in [0.717, 1.165) is 5.52 Å². The number of fused-ring (bicyclic) bond motifs is 1. The van der Waals surface area contributed by atoms with Gasteiger partial charge in [-0.15, -0.1) is 0 Å². The summed E-state index contributed by atoms with van der Waals surface area (Å²) < 4.78 is 20.9. The number of nitrogens with zero attached hydrogens (tertiary/aromatic N) is 3. The SMILES string of the molecule is COC(=O)c1ccc(-c2cc(NCCn3c(C)cc4ccccc43)nc(F)n2)cc1. The lowest BCUT2D eigenvalue weighted by molar-refractivity contribution is 0.0600. The molecule has 0 aliphatic carbocycles. The van der Waals surface area contributed by atoms with Gasteiger partial charge in [0.05, 0.1) is 18.4 Å². The average molecular weight is 404 g/mol. The number of hydrogen-bond acceptors (Lipinski definition) is 5. The summed E-state index contributed by atoms with van der Waals surface area (Å²) in [5, 5.41) is 4.37. The number of esters is 1. The van der Waals surface area contributed by atoms with Crippen LogP contribution in [0.4, 0.5) is 10.2 Å². The molecule has 30 heavy (non-hydrogen) atoms. The molecule has 152 valence electrons. The number of aryl methyl sites for hydroxylation is 1. The van der Waals surface area contributed by atoms with E-state index in [2.05, 4.69) is 45.0 Å². The Bertz CT molecular complexity index is 1200. The van der Waals surface area contributed by atoms with Gasteiger partial charge >= 0.3 is 12.0 Å². The number of nitrogens with one attached hydrogen (secondary N) is 1. The summed E-state index contributed by atoms with van der Waals surface area (Å²) in [6.45, 7) is 3.37. The Balaban J connectivity index is 1.49. The van der Waals surface area contributed by atoms with E-state index in [1.807, 2.05) is 12.1 Å². The van der Waals surface area contributed by atoms with Gasteiger partial charge in [-0.05, 0) is 36.6 Å². The van der Waals surface area contributed by atoms with Crippen molar-refractivity contribution in [1.29, 1.82) is 0 Å². The third-order valence-electron chi connectivity index (χ3n) is 4.96. The van der Waals surface area contributed by atoms with E-state index >= 15 is 0 Å². The maximum absolute atomic E-state index is 14.0. The molecule has 0 radical (unpaired) electrons. The molecule has 0 amide bonds. The molecule has 2 heterocycles. The molecule has 0 aliphatic heterocycles. The highest BCUT2D eigenvalue weighted by Gasteiger charge is 2.10. The molecule has 6 nitrogen and oxygen atoms in total. The average Bonchev–Trinajstić information content (AvgIpc) is 3.08. The number of hydrogen-bond donors (Lipinski definition) is 1. The van der Waals surface area contributed by atoms with E-state index in [1.165, 1.54) is 18.2 Å². The van der Waals surface area contributed by atoms with Crippen molar-refractivity contribution in [2.45, 2.75) is 13.5 Å². The van der Waals surface area contributed by atoms with Gasteiger partial charge in [-0.25, -0.2) is 9.78 Å². The van der Waals surface area contributed by atoms with Crippen molar-refractivity contribution < 1.29 is 13.9 Å². The molecule has 0 spiro atoms. The molecule has 0 saturated heterocycles. The molecule has 2 aromatic heterocycles. The maximum atomic E-state index is 14.0. The van der Waals surface area contributed by atoms with Gasteiger partial charge in [0.15, 0.2) is 0 Å². The fourth-order valence-electron chi connectivity index (χ4n) is 3.49. The summed E-state index contributed by atoms with van der Waals surface area (Å²) in [5.41, 5.74) is 3.86. The first kappa shape index (κ1) is 19.6. The predicted molar refractivity (Wildman–Crippen MR) is 114 cm³/mol. The highest BCUT2D eigenvalue weighted by Crippen LogP contribution is 2.22. The minimum absolute atomic E-state index is 0.406. The number of anilines is 1. The lowest BCUT2D eigenvalue weighted by Gasteiger charge is -2.11. The zero-order valence-corrected chi connectivity index (χ0v) is 16.7. The zero-order chi connectivity index (χ0) is 21.1. The minimum atomic E-state index is -0.811. The molecule has 2 aromatic carbocycles. The van der Waals surface area contributed by atoms with Gasteiger partial charge < -0.3 is 14.6 Å². The Morgan fingerprint density at radius 2 is 1.87 bits per heavy atom. The molecular weight excluding hydrogens is 383 g/mol. The Morgan fingerprint density at radius 3 is 2.63 bits per heavy atom. The number of carbonyl (C=O) groups excluding carboxylic acids is 1. The van der Waals surface area contributed by atoms with E-state index in [1.54, 1.807) is 30.3 Å². The molecule has 1 N–H and O–H groups in total. The molecule has 0 aliphatic rings. The van der Waals surface area contributed by atoms with Crippen LogP contribution in [0.25, 0.3) is 22.2 Å². The second-order valence-corrected chi connectivity index (χ2v) is 6.90. The van der Waals surface area contributed by atoms with E-state index in [0.29, 0.717) is 35.7 Å². The van der Waals surface area contributed by atoms with Crippen molar-refractivity contribution >= 4 is 22.7 Å². The Hall–Kier alpha value is -3.74. The van der Waals surface area contributed by atoms with Crippen molar-refractivity contribution in [2.24, 2.45) is 0 Å². The lowest BCUT2D eigenvalue weighted by atomic mass is 10.1. The zero-order valence-electron chi connectivity index (χ0n) is 16.7. The van der Waals surface area contributed by atoms with Crippen LogP contribution in [0.2, 0.25) is 0 Å². The van der Waals surface area contributed by atoms with Crippen molar-refractivity contribution in [3.05, 3.63) is 78.0 Å². The topological polar surface area (TPSA) is 69.0 Å². The van der Waals surface area contributed by atoms with Gasteiger partial charge in [0.2, 0.25) is 0 Å². The quantitative estimate of drug-likeness (QED) is 0.380. The fraction of sp³-hybridized carbons (Fsp3) is 0.174. The smallest absolute Gasteiger partial charge is 0.337 e. The number of carbonyl (C=O) groups is 1. The van der Waals surface area contributed by atoms with Gasteiger partial charge in [-0.3, -0.25) is 0 Å². The van der Waals surface area contributed by atoms with Crippen LogP contribution in [0.15, 0.2) is 60.7 Å². The third-order valence-corrected chi connectivity index (χ3v) is 4.96. The van der Waals surface area contributed by atoms with Crippen LogP contribution in [0.1, 0.15) is 16.1 Å². The predicted octanol–water partition coefficient (Wildman–Crippen LogP) is 4.44. The standard InChI is InChI=1S/C23H21FN4O2/c1-15-13-18-5-3-4-6-20(18)28(15)12-11-25-21-14-19(26-23(24)27-21)16-7-9-17(10-8-16)22(29)30-2/h3-10,13-14H,11-12H2,1-2H3,(H,25,26,27). The van der Waals surface area contributed by atoms with Crippen LogP contribution in [0, 0.1) is 13.0 Å². The summed E-state index contributed by atoms with van der Waals surface area (Å²) in [5.74, 6) is -0.0192. The molecule has 0 atom stereocenters. The first-order valence-corrected chi connectivity index (χ1v) is 9.57. The number of rotatable bonds is 6. The summed E-state index contributed by atoms with van der Waals surface area (Å²) in [4.78, 5) is 19.3. The summed E-state index contributed by atoms with van der Waals surface area (Å²) in [6, 6.07) is 18.7. The fourth-order valence-corrected chi connectivity index (χ4v) is 3.49. The number of halogens is 1. The number of methoxy groups -OCH3 is 1. The third kappa shape index (κ3) is 4.00. The molecule has 4 rings (SSSR count). The normalized spacial score (nSPS) is 10.9. The van der Waals surface area contributed by atoms with E-state index in [-0.39, 0.29) is 0 Å². The Morgan fingerprint density at radius 1 is 1.10 bits per heavy atom. The van der Waals surface area contributed by atoms with E-state index < -0.39 is 12.0 Å². The molecule has 0 unspecified atom stereocenters. The number of ether oxygens (including phenoxy) is 1. The number of para-hydroxylation sites is 1. The molecule has 4 aromatic rings. The van der Waals surface area contributed by atoms with Crippen molar-refractivity contribution in [3.63, 3.8) is 0 Å². The summed E-state index contributed by atoms with van der Waals surface area (Å²) in [7, 11) is 1.33. The second kappa shape index (κ2) is 8.32.